The summed E-state index contributed by atoms with van der Waals surface area (Å²) in [5.74, 6) is 1.74. The Kier molecular flexibility index (Phi) is 11.7. The average Bonchev–Trinajstić information content (AvgIpc) is 1.62. The molecule has 1 aliphatic rings. The van der Waals surface area contributed by atoms with Crippen LogP contribution in [0.1, 0.15) is 22.3 Å². The van der Waals surface area contributed by atoms with Crippen molar-refractivity contribution in [1.29, 1.82) is 0 Å². The molecule has 0 saturated heterocycles. The number of benzene rings is 13. The van der Waals surface area contributed by atoms with E-state index < -0.39 is 5.41 Å². The predicted molar refractivity (Wildman–Crippen MR) is 357 cm³/mol. The molecule has 0 N–H and O–H groups in total. The molecule has 0 radical (unpaired) electrons. The minimum absolute atomic E-state index is 0.515. The maximum Gasteiger partial charge on any atom is 0.164 e. The molecule has 0 fully saturated rings. The zero-order valence-electron chi connectivity index (χ0n) is 47.2. The molecule has 5 nitrogen and oxygen atoms in total. The third-order valence-electron chi connectivity index (χ3n) is 17.7. The fourth-order valence-corrected chi connectivity index (χ4v) is 13.8. The Morgan fingerprint density at radius 1 is 0.276 bits per heavy atom. The minimum Gasteiger partial charge on any atom is -0.456 e. The summed E-state index contributed by atoms with van der Waals surface area (Å²) in [5.41, 5.74) is 23.7. The number of hydrogen-bond donors (Lipinski definition) is 0. The van der Waals surface area contributed by atoms with Gasteiger partial charge in [-0.25, -0.2) is 15.0 Å². The summed E-state index contributed by atoms with van der Waals surface area (Å²) < 4.78 is 9.21. The number of hydrogen-bond acceptors (Lipinski definition) is 4. The maximum atomic E-state index is 6.72. The van der Waals surface area contributed by atoms with E-state index >= 15 is 0 Å². The van der Waals surface area contributed by atoms with Crippen molar-refractivity contribution in [1.82, 2.24) is 19.5 Å². The summed E-state index contributed by atoms with van der Waals surface area (Å²) >= 11 is 0. The van der Waals surface area contributed by atoms with E-state index in [4.69, 9.17) is 19.4 Å². The van der Waals surface area contributed by atoms with Crippen LogP contribution in [0.2, 0.25) is 0 Å². The molecule has 0 unspecified atom stereocenters. The first-order valence-corrected chi connectivity index (χ1v) is 29.6. The second-order valence-electron chi connectivity index (χ2n) is 22.6. The Bertz CT molecular complexity index is 5230. The molecular weight excluding hydrogens is 1060 g/mol. The van der Waals surface area contributed by atoms with E-state index in [1.807, 2.05) is 30.3 Å². The highest BCUT2D eigenvalue weighted by molar-refractivity contribution is 6.14. The lowest BCUT2D eigenvalue weighted by Gasteiger charge is -2.34. The molecule has 16 aromatic rings. The lowest BCUT2D eigenvalue weighted by molar-refractivity contribution is 0.669. The highest BCUT2D eigenvalue weighted by Gasteiger charge is 2.47. The average molecular weight is 1110 g/mol. The van der Waals surface area contributed by atoms with Gasteiger partial charge in [0.15, 0.2) is 17.5 Å². The van der Waals surface area contributed by atoms with E-state index in [1.54, 1.807) is 0 Å². The molecule has 0 atom stereocenters. The van der Waals surface area contributed by atoms with Crippen molar-refractivity contribution in [2.75, 3.05) is 0 Å². The largest absolute Gasteiger partial charge is 0.456 e. The molecule has 406 valence electrons. The molecule has 5 heteroatoms. The van der Waals surface area contributed by atoms with Crippen LogP contribution in [0.3, 0.4) is 0 Å². The lowest BCUT2D eigenvalue weighted by Crippen LogP contribution is -2.28. The molecule has 0 amide bonds. The Labute approximate surface area is 503 Å². The van der Waals surface area contributed by atoms with Gasteiger partial charge in [-0.2, -0.15) is 0 Å². The van der Waals surface area contributed by atoms with E-state index in [2.05, 4.69) is 290 Å². The van der Waals surface area contributed by atoms with Crippen LogP contribution in [0.15, 0.2) is 320 Å². The van der Waals surface area contributed by atoms with Gasteiger partial charge in [0.2, 0.25) is 0 Å². The molecule has 0 spiro atoms. The third kappa shape index (κ3) is 8.19. The van der Waals surface area contributed by atoms with Crippen LogP contribution < -0.4 is 0 Å². The van der Waals surface area contributed by atoms with Gasteiger partial charge in [-0.05, 0) is 139 Å². The summed E-state index contributed by atoms with van der Waals surface area (Å²) in [5, 5.41) is 4.30. The van der Waals surface area contributed by atoms with Crippen LogP contribution in [0.4, 0.5) is 0 Å². The molecule has 0 aliphatic heterocycles. The predicted octanol–water partition coefficient (Wildman–Crippen LogP) is 20.9. The van der Waals surface area contributed by atoms with Gasteiger partial charge in [0, 0.05) is 43.8 Å². The van der Waals surface area contributed by atoms with Gasteiger partial charge in [0.25, 0.3) is 0 Å². The number of furan rings is 1. The van der Waals surface area contributed by atoms with Gasteiger partial charge >= 0.3 is 0 Å². The normalized spacial score (nSPS) is 12.5. The van der Waals surface area contributed by atoms with Gasteiger partial charge in [-0.3, -0.25) is 0 Å². The van der Waals surface area contributed by atoms with E-state index in [9.17, 15) is 0 Å². The molecule has 87 heavy (non-hydrogen) atoms. The second-order valence-corrected chi connectivity index (χ2v) is 22.6. The smallest absolute Gasteiger partial charge is 0.164 e. The van der Waals surface area contributed by atoms with Gasteiger partial charge in [0.1, 0.15) is 11.2 Å². The van der Waals surface area contributed by atoms with Crippen LogP contribution in [0.5, 0.6) is 0 Å². The zero-order valence-corrected chi connectivity index (χ0v) is 47.2. The summed E-state index contributed by atoms with van der Waals surface area (Å²) in [4.78, 5) is 15.9. The van der Waals surface area contributed by atoms with Gasteiger partial charge in [0.05, 0.1) is 22.1 Å². The van der Waals surface area contributed by atoms with Crippen molar-refractivity contribution in [2.24, 2.45) is 0 Å². The molecule has 0 bridgehead atoms. The van der Waals surface area contributed by atoms with Crippen LogP contribution >= 0.6 is 0 Å². The summed E-state index contributed by atoms with van der Waals surface area (Å²) in [6, 6.07) is 113. The minimum atomic E-state index is -0.515. The van der Waals surface area contributed by atoms with Crippen molar-refractivity contribution in [3.63, 3.8) is 0 Å². The molecule has 17 rings (SSSR count). The highest BCUT2D eigenvalue weighted by Crippen LogP contribution is 2.58. The topological polar surface area (TPSA) is 56.7 Å². The number of para-hydroxylation sites is 1. The first kappa shape index (κ1) is 50.0. The Hall–Kier alpha value is -11.5. The highest BCUT2D eigenvalue weighted by atomic mass is 16.3. The number of rotatable bonds is 10. The van der Waals surface area contributed by atoms with E-state index in [-0.39, 0.29) is 0 Å². The fraction of sp³-hybridized carbons (Fsp3) is 0.0122. The van der Waals surface area contributed by atoms with E-state index in [0.29, 0.717) is 17.5 Å². The van der Waals surface area contributed by atoms with Crippen molar-refractivity contribution in [2.45, 2.75) is 5.41 Å². The van der Waals surface area contributed by atoms with Crippen molar-refractivity contribution >= 4 is 43.7 Å². The van der Waals surface area contributed by atoms with Crippen molar-refractivity contribution in [3.05, 3.63) is 338 Å². The van der Waals surface area contributed by atoms with Crippen molar-refractivity contribution in [3.8, 4) is 95.5 Å². The van der Waals surface area contributed by atoms with Gasteiger partial charge in [-0.1, -0.05) is 249 Å². The fourth-order valence-electron chi connectivity index (χ4n) is 13.8. The summed E-state index contributed by atoms with van der Waals surface area (Å²) in [6.07, 6.45) is 0. The molecular formula is C82H52N4O. The first-order valence-electron chi connectivity index (χ1n) is 29.6. The quantitative estimate of drug-likeness (QED) is 0.137. The summed E-state index contributed by atoms with van der Waals surface area (Å²) in [6.45, 7) is 0. The van der Waals surface area contributed by atoms with E-state index in [1.165, 1.54) is 44.2 Å². The monoisotopic (exact) mass is 1110 g/mol. The van der Waals surface area contributed by atoms with E-state index in [0.717, 1.165) is 99.9 Å². The number of aromatic nitrogens is 4. The maximum absolute atomic E-state index is 6.72. The standard InChI is InChI=1S/C82H52N4O/c1-6-23-53(24-7-1)60-48-61(54-25-8-2-9-26-54)50-62(49-60)56-29-20-30-59(47-56)80-83-79(55-27-10-3-11-28-55)84-81(85-80)67-37-21-42-76-77(67)69-52-58(44-46-75(69)87-76)57-43-45-73-68(51-57)65-35-17-19-40-72(65)86(73)74-41-22-39-71-78(74)66-36-16-18-38-70(66)82(71,63-31-12-4-13-32-63)64-33-14-5-15-34-64/h1-52H. The second kappa shape index (κ2) is 20.4. The van der Waals surface area contributed by atoms with Gasteiger partial charge < -0.3 is 8.98 Å². The molecule has 1 aliphatic carbocycles. The first-order chi connectivity index (χ1) is 43.1. The summed E-state index contributed by atoms with van der Waals surface area (Å²) in [7, 11) is 0. The molecule has 0 saturated carbocycles. The van der Waals surface area contributed by atoms with Gasteiger partial charge in [-0.15, -0.1) is 0 Å². The molecule has 13 aromatic carbocycles. The van der Waals surface area contributed by atoms with Crippen LogP contribution in [0, 0.1) is 0 Å². The van der Waals surface area contributed by atoms with Crippen molar-refractivity contribution < 1.29 is 4.42 Å². The molecule has 3 heterocycles. The Balaban J connectivity index is 0.797. The SMILES string of the molecule is c1ccc(-c2cc(-c3ccccc3)cc(-c3cccc(-c4nc(-c5ccccc5)nc(-c5cccc6oc7ccc(-c8ccc9c(c8)c8ccccc8n9-c8cccc9c8-c8ccccc8C9(c8ccccc8)c8ccccc8)cc7c56)n4)c3)c2)cc1. The lowest BCUT2D eigenvalue weighted by atomic mass is 9.68. The molecule has 3 aromatic heterocycles. The number of nitrogens with zero attached hydrogens (tertiary/aromatic N) is 4. The van der Waals surface area contributed by atoms with Crippen LogP contribution in [0.25, 0.3) is 139 Å². The Morgan fingerprint density at radius 3 is 1.45 bits per heavy atom. The van der Waals surface area contributed by atoms with Crippen LogP contribution in [-0.2, 0) is 5.41 Å². The third-order valence-corrected chi connectivity index (χ3v) is 17.7. The Morgan fingerprint density at radius 2 is 0.747 bits per heavy atom. The zero-order chi connectivity index (χ0) is 57.4. The van der Waals surface area contributed by atoms with Crippen LogP contribution in [-0.4, -0.2) is 19.5 Å². The number of fused-ring (bicyclic) bond motifs is 9.